The van der Waals surface area contributed by atoms with Crippen LogP contribution in [0.25, 0.3) is 0 Å². The van der Waals surface area contributed by atoms with Crippen LogP contribution < -0.4 is 4.90 Å². The molecule has 0 aromatic carbocycles. The van der Waals surface area contributed by atoms with Crippen molar-refractivity contribution < 1.29 is 4.74 Å². The van der Waals surface area contributed by atoms with E-state index < -0.39 is 0 Å². The number of ether oxygens (including phenoxy) is 1. The zero-order chi connectivity index (χ0) is 16.2. The van der Waals surface area contributed by atoms with E-state index in [1.54, 1.807) is 24.5 Å². The van der Waals surface area contributed by atoms with E-state index in [9.17, 15) is 0 Å². The van der Waals surface area contributed by atoms with Crippen molar-refractivity contribution in [2.75, 3.05) is 18.6 Å². The predicted octanol–water partition coefficient (Wildman–Crippen LogP) is 2.72. The lowest BCUT2D eigenvalue weighted by Crippen LogP contribution is -2.32. The number of nitrogens with zero attached hydrogens (tertiary/aromatic N) is 5. The fourth-order valence-electron chi connectivity index (χ4n) is 2.31. The van der Waals surface area contributed by atoms with Gasteiger partial charge < -0.3 is 9.64 Å². The van der Waals surface area contributed by atoms with E-state index in [0.29, 0.717) is 24.7 Å². The van der Waals surface area contributed by atoms with Crippen LogP contribution in [0.5, 0.6) is 0 Å². The van der Waals surface area contributed by atoms with Crippen molar-refractivity contribution in [1.29, 1.82) is 5.26 Å². The third-order valence-electron chi connectivity index (χ3n) is 3.82. The topological polar surface area (TPSA) is 74.9 Å². The standard InChI is InChI=1S/C16H19N5OS/c1-11(22-2)8-21(15-5-13(6-17)19-10-20-15)9-14-7-18-16(23-14)12-3-4-12/h5,7,10-12H,3-4,8-9H2,1-2H3/t11-/m0/s1. The maximum absolute atomic E-state index is 9.04. The van der Waals surface area contributed by atoms with Gasteiger partial charge in [0.15, 0.2) is 0 Å². The van der Waals surface area contributed by atoms with Gasteiger partial charge in [0.2, 0.25) is 0 Å². The summed E-state index contributed by atoms with van der Waals surface area (Å²) in [4.78, 5) is 16.1. The Morgan fingerprint density at radius 1 is 1.43 bits per heavy atom. The number of nitriles is 1. The van der Waals surface area contributed by atoms with E-state index in [4.69, 9.17) is 10.00 Å². The van der Waals surface area contributed by atoms with E-state index in [2.05, 4.69) is 25.9 Å². The zero-order valence-electron chi connectivity index (χ0n) is 13.3. The molecule has 120 valence electrons. The maximum atomic E-state index is 9.04. The van der Waals surface area contributed by atoms with Crippen LogP contribution in [0.15, 0.2) is 18.6 Å². The molecule has 0 unspecified atom stereocenters. The van der Waals surface area contributed by atoms with Crippen molar-refractivity contribution in [1.82, 2.24) is 15.0 Å². The van der Waals surface area contributed by atoms with Crippen molar-refractivity contribution in [3.63, 3.8) is 0 Å². The zero-order valence-corrected chi connectivity index (χ0v) is 14.1. The molecule has 0 N–H and O–H groups in total. The molecule has 2 heterocycles. The number of methoxy groups -OCH3 is 1. The smallest absolute Gasteiger partial charge is 0.145 e. The Balaban J connectivity index is 1.80. The maximum Gasteiger partial charge on any atom is 0.145 e. The van der Waals surface area contributed by atoms with Gasteiger partial charge in [0.1, 0.15) is 23.9 Å². The molecular weight excluding hydrogens is 310 g/mol. The molecule has 0 saturated heterocycles. The average Bonchev–Trinajstić information content (AvgIpc) is 3.33. The molecule has 3 rings (SSSR count). The number of rotatable bonds is 7. The lowest BCUT2D eigenvalue weighted by atomic mass is 10.3. The van der Waals surface area contributed by atoms with Gasteiger partial charge in [-0.25, -0.2) is 15.0 Å². The predicted molar refractivity (Wildman–Crippen MR) is 88.4 cm³/mol. The molecule has 1 saturated carbocycles. The first kappa shape index (κ1) is 15.8. The largest absolute Gasteiger partial charge is 0.380 e. The molecule has 0 spiro atoms. The second kappa shape index (κ2) is 7.02. The lowest BCUT2D eigenvalue weighted by molar-refractivity contribution is 0.123. The Labute approximate surface area is 139 Å². The van der Waals surface area contributed by atoms with Gasteiger partial charge in [-0.3, -0.25) is 0 Å². The summed E-state index contributed by atoms with van der Waals surface area (Å²) in [5.74, 6) is 1.41. The van der Waals surface area contributed by atoms with Gasteiger partial charge in [-0.1, -0.05) is 0 Å². The van der Waals surface area contributed by atoms with Gasteiger partial charge in [-0.2, -0.15) is 5.26 Å². The van der Waals surface area contributed by atoms with E-state index in [-0.39, 0.29) is 6.10 Å². The van der Waals surface area contributed by atoms with Gasteiger partial charge in [-0.15, -0.1) is 11.3 Å². The fraction of sp³-hybridized carbons (Fsp3) is 0.500. The third-order valence-corrected chi connectivity index (χ3v) is 4.96. The second-order valence-electron chi connectivity index (χ2n) is 5.74. The number of anilines is 1. The van der Waals surface area contributed by atoms with Crippen molar-refractivity contribution in [2.45, 2.75) is 38.3 Å². The highest BCUT2D eigenvalue weighted by Crippen LogP contribution is 2.41. The van der Waals surface area contributed by atoms with Gasteiger partial charge in [0.05, 0.1) is 17.7 Å². The monoisotopic (exact) mass is 329 g/mol. The Kier molecular flexibility index (Phi) is 4.84. The first-order valence-corrected chi connectivity index (χ1v) is 8.45. The summed E-state index contributed by atoms with van der Waals surface area (Å²) in [5, 5.41) is 10.3. The van der Waals surface area contributed by atoms with Crippen LogP contribution >= 0.6 is 11.3 Å². The minimum absolute atomic E-state index is 0.0614. The normalized spacial score (nSPS) is 15.2. The summed E-state index contributed by atoms with van der Waals surface area (Å²) in [7, 11) is 1.70. The molecule has 0 bridgehead atoms. The minimum Gasteiger partial charge on any atom is -0.380 e. The van der Waals surface area contributed by atoms with E-state index in [1.165, 1.54) is 29.1 Å². The van der Waals surface area contributed by atoms with Gasteiger partial charge in [0.25, 0.3) is 0 Å². The van der Waals surface area contributed by atoms with Gasteiger partial charge >= 0.3 is 0 Å². The van der Waals surface area contributed by atoms with E-state index in [1.807, 2.05) is 13.1 Å². The fourth-order valence-corrected chi connectivity index (χ4v) is 3.41. The van der Waals surface area contributed by atoms with E-state index >= 15 is 0 Å². The van der Waals surface area contributed by atoms with Crippen LogP contribution in [0, 0.1) is 11.3 Å². The Hall–Kier alpha value is -2.04. The Bertz CT molecular complexity index is 706. The first-order valence-electron chi connectivity index (χ1n) is 7.64. The van der Waals surface area contributed by atoms with Gasteiger partial charge in [-0.05, 0) is 19.8 Å². The molecule has 1 atom stereocenters. The van der Waals surface area contributed by atoms with Crippen LogP contribution in [-0.4, -0.2) is 34.7 Å². The molecular formula is C16H19N5OS. The number of hydrogen-bond acceptors (Lipinski definition) is 7. The molecule has 0 aliphatic heterocycles. The van der Waals surface area contributed by atoms with Crippen LogP contribution in [0.2, 0.25) is 0 Å². The molecule has 2 aromatic rings. The van der Waals surface area contributed by atoms with Crippen molar-refractivity contribution >= 4 is 17.2 Å². The quantitative estimate of drug-likeness (QED) is 0.777. The molecule has 1 aliphatic rings. The summed E-state index contributed by atoms with van der Waals surface area (Å²) in [6.45, 7) is 3.41. The van der Waals surface area contributed by atoms with Crippen molar-refractivity contribution in [3.05, 3.63) is 34.2 Å². The number of thiazole rings is 1. The highest BCUT2D eigenvalue weighted by atomic mass is 32.1. The highest BCUT2D eigenvalue weighted by Gasteiger charge is 2.27. The van der Waals surface area contributed by atoms with Crippen LogP contribution in [0.4, 0.5) is 5.82 Å². The number of aromatic nitrogens is 3. The molecule has 23 heavy (non-hydrogen) atoms. The molecule has 0 radical (unpaired) electrons. The molecule has 0 amide bonds. The first-order chi connectivity index (χ1) is 11.2. The molecule has 1 aliphatic carbocycles. The average molecular weight is 329 g/mol. The summed E-state index contributed by atoms with van der Waals surface area (Å²) in [6, 6.07) is 3.78. The van der Waals surface area contributed by atoms with Crippen molar-refractivity contribution in [3.8, 4) is 6.07 Å². The number of hydrogen-bond donors (Lipinski definition) is 0. The van der Waals surface area contributed by atoms with Crippen LogP contribution in [0.3, 0.4) is 0 Å². The molecule has 2 aromatic heterocycles. The minimum atomic E-state index is 0.0614. The molecule has 7 heteroatoms. The highest BCUT2D eigenvalue weighted by molar-refractivity contribution is 7.11. The SMILES string of the molecule is CO[C@@H](C)CN(Cc1cnc(C2CC2)s1)c1cc(C#N)ncn1. The summed E-state index contributed by atoms with van der Waals surface area (Å²) < 4.78 is 5.39. The second-order valence-corrected chi connectivity index (χ2v) is 6.89. The van der Waals surface area contributed by atoms with Crippen LogP contribution in [-0.2, 0) is 11.3 Å². The van der Waals surface area contributed by atoms with Crippen LogP contribution in [0.1, 0.15) is 41.3 Å². The van der Waals surface area contributed by atoms with Crippen molar-refractivity contribution in [2.24, 2.45) is 0 Å². The Morgan fingerprint density at radius 2 is 2.26 bits per heavy atom. The summed E-state index contributed by atoms with van der Waals surface area (Å²) >= 11 is 1.77. The molecule has 6 nitrogen and oxygen atoms in total. The lowest BCUT2D eigenvalue weighted by Gasteiger charge is -2.25. The Morgan fingerprint density at radius 3 is 2.96 bits per heavy atom. The summed E-state index contributed by atoms with van der Waals surface area (Å²) in [5.41, 5.74) is 0.369. The molecule has 1 fully saturated rings. The summed E-state index contributed by atoms with van der Waals surface area (Å²) in [6.07, 6.45) is 5.96. The third kappa shape index (κ3) is 4.03. The van der Waals surface area contributed by atoms with Gasteiger partial charge in [0, 0.05) is 36.7 Å². The van der Waals surface area contributed by atoms with E-state index in [0.717, 1.165) is 5.82 Å².